The largest absolute Gasteiger partial charge is 0.342 e. The van der Waals surface area contributed by atoms with Crippen LogP contribution in [0.15, 0.2) is 54.6 Å². The van der Waals surface area contributed by atoms with Gasteiger partial charge in [0.25, 0.3) is 0 Å². The molecule has 0 aliphatic carbocycles. The third kappa shape index (κ3) is 4.76. The van der Waals surface area contributed by atoms with Gasteiger partial charge >= 0.3 is 0 Å². The van der Waals surface area contributed by atoms with Crippen molar-refractivity contribution in [1.29, 1.82) is 0 Å². The topological polar surface area (TPSA) is 37.4 Å². The van der Waals surface area contributed by atoms with Crippen LogP contribution in [0.25, 0.3) is 11.1 Å². The van der Waals surface area contributed by atoms with E-state index in [1.165, 1.54) is 0 Å². The summed E-state index contributed by atoms with van der Waals surface area (Å²) < 4.78 is 12.4. The fourth-order valence-corrected chi connectivity index (χ4v) is 3.73. The summed E-state index contributed by atoms with van der Waals surface area (Å²) in [6, 6.07) is 18.0. The van der Waals surface area contributed by atoms with E-state index < -0.39 is 10.8 Å². The Hall–Kier alpha value is -1.94. The van der Waals surface area contributed by atoms with Gasteiger partial charge in [0.05, 0.1) is 0 Å². The molecule has 3 nitrogen and oxygen atoms in total. The van der Waals surface area contributed by atoms with Gasteiger partial charge in [0.2, 0.25) is 5.91 Å². The van der Waals surface area contributed by atoms with Crippen molar-refractivity contribution >= 4 is 16.7 Å². The standard InChI is InChI=1S/C19H23NO2S/c1-3-20(4-2)19(21)15-23(22)14-17-12-8-9-13-18(17)16-10-6-5-7-11-16/h5-13H,3-4,14-15H2,1-2H3/t23-/m0/s1. The van der Waals surface area contributed by atoms with Crippen LogP contribution in [0, 0.1) is 0 Å². The zero-order chi connectivity index (χ0) is 16.7. The van der Waals surface area contributed by atoms with Crippen LogP contribution in [0.3, 0.4) is 0 Å². The fraction of sp³-hybridized carbons (Fsp3) is 0.316. The van der Waals surface area contributed by atoms with E-state index in [2.05, 4.69) is 0 Å². The van der Waals surface area contributed by atoms with Crippen molar-refractivity contribution in [3.63, 3.8) is 0 Å². The first-order chi connectivity index (χ1) is 11.2. The van der Waals surface area contributed by atoms with Crippen molar-refractivity contribution in [1.82, 2.24) is 4.90 Å². The van der Waals surface area contributed by atoms with Crippen LogP contribution >= 0.6 is 0 Å². The third-order valence-corrected chi connectivity index (χ3v) is 5.02. The molecule has 2 rings (SSSR count). The molecular weight excluding hydrogens is 306 g/mol. The highest BCUT2D eigenvalue weighted by atomic mass is 32.2. The quantitative estimate of drug-likeness (QED) is 0.780. The molecule has 0 spiro atoms. The van der Waals surface area contributed by atoms with Gasteiger partial charge in [-0.1, -0.05) is 54.6 Å². The SMILES string of the molecule is CCN(CC)C(=O)C[S@@](=O)Cc1ccccc1-c1ccccc1. The summed E-state index contributed by atoms with van der Waals surface area (Å²) in [6.07, 6.45) is 0. The average Bonchev–Trinajstić information content (AvgIpc) is 2.57. The van der Waals surface area contributed by atoms with Crippen LogP contribution in [0.2, 0.25) is 0 Å². The summed E-state index contributed by atoms with van der Waals surface area (Å²) in [5, 5.41) is 0. The van der Waals surface area contributed by atoms with E-state index in [-0.39, 0.29) is 11.7 Å². The number of hydrogen-bond acceptors (Lipinski definition) is 2. The van der Waals surface area contributed by atoms with E-state index in [1.807, 2.05) is 68.4 Å². The number of benzene rings is 2. The molecule has 4 heteroatoms. The molecular formula is C19H23NO2S. The molecule has 2 aromatic rings. The van der Waals surface area contributed by atoms with Crippen molar-refractivity contribution in [3.8, 4) is 11.1 Å². The maximum absolute atomic E-state index is 12.4. The molecule has 0 unspecified atom stereocenters. The van der Waals surface area contributed by atoms with Crippen LogP contribution < -0.4 is 0 Å². The molecule has 2 aromatic carbocycles. The van der Waals surface area contributed by atoms with E-state index in [0.717, 1.165) is 16.7 Å². The molecule has 122 valence electrons. The number of carbonyl (C=O) groups is 1. The highest BCUT2D eigenvalue weighted by Crippen LogP contribution is 2.24. The lowest BCUT2D eigenvalue weighted by molar-refractivity contribution is -0.128. The predicted molar refractivity (Wildman–Crippen MR) is 96.5 cm³/mol. The van der Waals surface area contributed by atoms with Gasteiger partial charge in [-0.05, 0) is 30.5 Å². The predicted octanol–water partition coefficient (Wildman–Crippen LogP) is 3.47. The van der Waals surface area contributed by atoms with Gasteiger partial charge in [-0.25, -0.2) is 0 Å². The summed E-state index contributed by atoms with van der Waals surface area (Å²) in [5.74, 6) is 0.452. The summed E-state index contributed by atoms with van der Waals surface area (Å²) in [5.41, 5.74) is 3.20. The Bertz CT molecular complexity index is 666. The first kappa shape index (κ1) is 17.4. The summed E-state index contributed by atoms with van der Waals surface area (Å²) >= 11 is 0. The van der Waals surface area contributed by atoms with Crippen molar-refractivity contribution in [2.24, 2.45) is 0 Å². The second-order valence-electron chi connectivity index (χ2n) is 5.32. The Labute approximate surface area is 140 Å². The molecule has 0 saturated heterocycles. The summed E-state index contributed by atoms with van der Waals surface area (Å²) in [7, 11) is -1.20. The van der Waals surface area contributed by atoms with Gasteiger partial charge in [0.1, 0.15) is 5.75 Å². The lowest BCUT2D eigenvalue weighted by atomic mass is 10.0. The molecule has 0 aliphatic rings. The maximum Gasteiger partial charge on any atom is 0.235 e. The molecule has 0 fully saturated rings. The zero-order valence-corrected chi connectivity index (χ0v) is 14.5. The molecule has 0 aromatic heterocycles. The molecule has 0 saturated carbocycles. The highest BCUT2D eigenvalue weighted by Gasteiger charge is 2.15. The van der Waals surface area contributed by atoms with Crippen molar-refractivity contribution in [2.45, 2.75) is 19.6 Å². The number of hydrogen-bond donors (Lipinski definition) is 0. The number of carbonyl (C=O) groups excluding carboxylic acids is 1. The Morgan fingerprint density at radius 1 is 0.957 bits per heavy atom. The second kappa shape index (κ2) is 8.63. The highest BCUT2D eigenvalue weighted by molar-refractivity contribution is 7.84. The molecule has 0 heterocycles. The minimum atomic E-state index is -1.20. The smallest absolute Gasteiger partial charge is 0.235 e. The van der Waals surface area contributed by atoms with E-state index in [0.29, 0.717) is 18.8 Å². The lowest BCUT2D eigenvalue weighted by Crippen LogP contribution is -2.34. The lowest BCUT2D eigenvalue weighted by Gasteiger charge is -2.18. The average molecular weight is 329 g/mol. The Morgan fingerprint density at radius 3 is 2.22 bits per heavy atom. The van der Waals surface area contributed by atoms with E-state index >= 15 is 0 Å². The number of rotatable bonds is 7. The van der Waals surface area contributed by atoms with Crippen LogP contribution in [-0.2, 0) is 21.3 Å². The third-order valence-electron chi connectivity index (χ3n) is 3.82. The van der Waals surface area contributed by atoms with Crippen LogP contribution in [0.5, 0.6) is 0 Å². The van der Waals surface area contributed by atoms with Gasteiger partial charge in [-0.2, -0.15) is 0 Å². The number of nitrogens with zero attached hydrogens (tertiary/aromatic N) is 1. The Morgan fingerprint density at radius 2 is 1.57 bits per heavy atom. The fourth-order valence-electron chi connectivity index (χ4n) is 2.58. The molecule has 1 amide bonds. The van der Waals surface area contributed by atoms with Crippen LogP contribution in [0.1, 0.15) is 19.4 Å². The first-order valence-corrected chi connectivity index (χ1v) is 9.40. The minimum Gasteiger partial charge on any atom is -0.342 e. The molecule has 0 N–H and O–H groups in total. The molecule has 0 radical (unpaired) electrons. The van der Waals surface area contributed by atoms with Gasteiger partial charge in [-0.3, -0.25) is 9.00 Å². The van der Waals surface area contributed by atoms with Crippen LogP contribution in [-0.4, -0.2) is 33.9 Å². The molecule has 0 aliphatic heterocycles. The maximum atomic E-state index is 12.4. The first-order valence-electron chi connectivity index (χ1n) is 7.91. The zero-order valence-electron chi connectivity index (χ0n) is 13.7. The summed E-state index contributed by atoms with van der Waals surface area (Å²) in [4.78, 5) is 13.8. The molecule has 0 bridgehead atoms. The van der Waals surface area contributed by atoms with E-state index in [9.17, 15) is 9.00 Å². The van der Waals surface area contributed by atoms with Crippen molar-refractivity contribution < 1.29 is 9.00 Å². The van der Waals surface area contributed by atoms with Gasteiger partial charge in [-0.15, -0.1) is 0 Å². The van der Waals surface area contributed by atoms with Crippen molar-refractivity contribution in [2.75, 3.05) is 18.8 Å². The van der Waals surface area contributed by atoms with Crippen LogP contribution in [0.4, 0.5) is 0 Å². The monoisotopic (exact) mass is 329 g/mol. The second-order valence-corrected chi connectivity index (χ2v) is 6.77. The van der Waals surface area contributed by atoms with Crippen molar-refractivity contribution in [3.05, 3.63) is 60.2 Å². The Kier molecular flexibility index (Phi) is 6.53. The van der Waals surface area contributed by atoms with E-state index in [1.54, 1.807) is 4.90 Å². The van der Waals surface area contributed by atoms with Gasteiger partial charge < -0.3 is 4.90 Å². The summed E-state index contributed by atoms with van der Waals surface area (Å²) in [6.45, 7) is 5.20. The Balaban J connectivity index is 2.12. The van der Waals surface area contributed by atoms with Gasteiger partial charge in [0, 0.05) is 29.6 Å². The normalized spacial score (nSPS) is 11.9. The van der Waals surface area contributed by atoms with Gasteiger partial charge in [0.15, 0.2) is 0 Å². The minimum absolute atomic E-state index is 0.0366. The molecule has 1 atom stereocenters. The number of amides is 1. The molecule has 23 heavy (non-hydrogen) atoms. The van der Waals surface area contributed by atoms with E-state index in [4.69, 9.17) is 0 Å².